The van der Waals surface area contributed by atoms with Gasteiger partial charge >= 0.3 is 0 Å². The molecule has 1 aliphatic heterocycles. The van der Waals surface area contributed by atoms with Crippen molar-refractivity contribution in [2.45, 2.75) is 11.4 Å². The molecular weight excluding hydrogens is 499 g/mol. The molecule has 0 unspecified atom stereocenters. The van der Waals surface area contributed by atoms with E-state index in [-0.39, 0.29) is 39.5 Å². The molecule has 7 nitrogen and oxygen atoms in total. The van der Waals surface area contributed by atoms with Crippen LogP contribution in [0.5, 0.6) is 11.5 Å². The molecule has 0 bridgehead atoms. The zero-order chi connectivity index (χ0) is 22.9. The molecule has 4 rings (SSSR count). The van der Waals surface area contributed by atoms with E-state index >= 15 is 0 Å². The Morgan fingerprint density at radius 3 is 2.50 bits per heavy atom. The molecule has 0 radical (unpaired) electrons. The zero-order valence-corrected chi connectivity index (χ0v) is 19.3. The lowest BCUT2D eigenvalue weighted by Crippen LogP contribution is -2.24. The van der Waals surface area contributed by atoms with Gasteiger partial charge in [0.2, 0.25) is 6.79 Å². The number of ether oxygens (including phenoxy) is 2. The van der Waals surface area contributed by atoms with Crippen molar-refractivity contribution in [1.82, 2.24) is 5.32 Å². The van der Waals surface area contributed by atoms with Gasteiger partial charge in [0.15, 0.2) is 11.5 Å². The van der Waals surface area contributed by atoms with Crippen LogP contribution in [-0.2, 0) is 16.6 Å². The summed E-state index contributed by atoms with van der Waals surface area (Å²) in [5.74, 6) is 0.646. The molecule has 0 saturated carbocycles. The molecule has 0 aliphatic carbocycles. The summed E-state index contributed by atoms with van der Waals surface area (Å²) < 4.78 is 38.7. The number of hydrogen-bond donors (Lipinski definition) is 2. The van der Waals surface area contributed by atoms with E-state index in [9.17, 15) is 13.2 Å². The first-order chi connectivity index (χ1) is 15.2. The van der Waals surface area contributed by atoms with Crippen LogP contribution in [-0.4, -0.2) is 21.1 Å². The second kappa shape index (κ2) is 9.07. The van der Waals surface area contributed by atoms with Crippen molar-refractivity contribution in [2.75, 3.05) is 11.5 Å². The average Bonchev–Trinajstić information content (AvgIpc) is 3.19. The monoisotopic (exact) mass is 512 g/mol. The van der Waals surface area contributed by atoms with Gasteiger partial charge in [-0.05, 0) is 48.0 Å². The van der Waals surface area contributed by atoms with Crippen molar-refractivity contribution in [2.24, 2.45) is 0 Å². The number of benzene rings is 3. The highest BCUT2D eigenvalue weighted by atomic mass is 35.5. The number of amides is 1. The molecule has 1 amide bonds. The third-order valence-electron chi connectivity index (χ3n) is 4.52. The van der Waals surface area contributed by atoms with Crippen LogP contribution in [0.4, 0.5) is 5.69 Å². The first kappa shape index (κ1) is 22.5. The van der Waals surface area contributed by atoms with Gasteiger partial charge in [0, 0.05) is 11.6 Å². The van der Waals surface area contributed by atoms with Crippen molar-refractivity contribution >= 4 is 56.4 Å². The summed E-state index contributed by atoms with van der Waals surface area (Å²) in [7, 11) is -4.12. The van der Waals surface area contributed by atoms with E-state index in [4.69, 9.17) is 44.3 Å². The van der Waals surface area contributed by atoms with Gasteiger partial charge in [0.25, 0.3) is 15.9 Å². The highest BCUT2D eigenvalue weighted by molar-refractivity contribution is 7.92. The number of hydrogen-bond acceptors (Lipinski definition) is 5. The predicted molar refractivity (Wildman–Crippen MR) is 122 cm³/mol. The van der Waals surface area contributed by atoms with Crippen molar-refractivity contribution < 1.29 is 22.7 Å². The van der Waals surface area contributed by atoms with Crippen LogP contribution in [0.2, 0.25) is 15.1 Å². The number of anilines is 1. The van der Waals surface area contributed by atoms with Crippen LogP contribution in [0.3, 0.4) is 0 Å². The number of halogens is 3. The van der Waals surface area contributed by atoms with Crippen molar-refractivity contribution in [3.63, 3.8) is 0 Å². The summed E-state index contributed by atoms with van der Waals surface area (Å²) in [6, 6.07) is 13.8. The van der Waals surface area contributed by atoms with Crippen molar-refractivity contribution in [3.05, 3.63) is 80.8 Å². The maximum Gasteiger partial charge on any atom is 0.263 e. The highest BCUT2D eigenvalue weighted by Gasteiger charge is 2.23. The van der Waals surface area contributed by atoms with Crippen molar-refractivity contribution in [3.8, 4) is 11.5 Å². The molecule has 2 N–H and O–H groups in total. The maximum absolute atomic E-state index is 12.9. The van der Waals surface area contributed by atoms with Crippen LogP contribution < -0.4 is 19.5 Å². The van der Waals surface area contributed by atoms with Gasteiger partial charge in [0.1, 0.15) is 4.90 Å². The number of rotatable bonds is 6. The Kier molecular flexibility index (Phi) is 6.39. The van der Waals surface area contributed by atoms with Crippen LogP contribution in [0.1, 0.15) is 15.9 Å². The Balaban J connectivity index is 1.55. The second-order valence-electron chi connectivity index (χ2n) is 6.75. The topological polar surface area (TPSA) is 93.7 Å². The lowest BCUT2D eigenvalue weighted by molar-refractivity contribution is 0.0950. The standard InChI is InChI=1S/C21H15Cl3N2O5S/c22-13-2-1-3-14(7-13)26-32(28,29)20-8-15(16(23)9-17(20)24)21(27)25-10-12-4-5-18-19(6-12)31-11-30-18/h1-9,26H,10-11H2,(H,25,27). The molecule has 1 aliphatic rings. The Morgan fingerprint density at radius 2 is 1.72 bits per heavy atom. The minimum Gasteiger partial charge on any atom is -0.454 e. The van der Waals surface area contributed by atoms with Crippen molar-refractivity contribution in [1.29, 1.82) is 0 Å². The Bertz CT molecular complexity index is 1310. The van der Waals surface area contributed by atoms with E-state index in [0.29, 0.717) is 16.5 Å². The van der Waals surface area contributed by atoms with Gasteiger partial charge in [-0.1, -0.05) is 46.9 Å². The third-order valence-corrected chi connectivity index (χ3v) is 6.92. The maximum atomic E-state index is 12.9. The first-order valence-corrected chi connectivity index (χ1v) is 11.8. The minimum atomic E-state index is -4.12. The van der Waals surface area contributed by atoms with E-state index in [1.54, 1.807) is 30.3 Å². The molecule has 32 heavy (non-hydrogen) atoms. The van der Waals surface area contributed by atoms with Gasteiger partial charge < -0.3 is 14.8 Å². The van der Waals surface area contributed by atoms with E-state index in [0.717, 1.165) is 11.6 Å². The molecular formula is C21H15Cl3N2O5S. The highest BCUT2D eigenvalue weighted by Crippen LogP contribution is 2.33. The molecule has 0 saturated heterocycles. The quantitative estimate of drug-likeness (QED) is 0.478. The van der Waals surface area contributed by atoms with Crippen LogP contribution in [0.15, 0.2) is 59.5 Å². The van der Waals surface area contributed by atoms with E-state index < -0.39 is 15.9 Å². The Labute approximate surface area is 199 Å². The fraction of sp³-hybridized carbons (Fsp3) is 0.0952. The van der Waals surface area contributed by atoms with Gasteiger partial charge in [-0.15, -0.1) is 0 Å². The summed E-state index contributed by atoms with van der Waals surface area (Å²) in [5.41, 5.74) is 0.976. The minimum absolute atomic E-state index is 0.0138. The van der Waals surface area contributed by atoms with Crippen LogP contribution >= 0.6 is 34.8 Å². The lowest BCUT2D eigenvalue weighted by atomic mass is 10.1. The molecule has 0 aromatic heterocycles. The fourth-order valence-electron chi connectivity index (χ4n) is 3.00. The summed E-state index contributed by atoms with van der Waals surface area (Å²) >= 11 is 18.2. The predicted octanol–water partition coefficient (Wildman–Crippen LogP) is 5.11. The van der Waals surface area contributed by atoms with Gasteiger partial charge in [-0.25, -0.2) is 8.42 Å². The zero-order valence-electron chi connectivity index (χ0n) is 16.2. The molecule has 0 fully saturated rings. The van der Waals surface area contributed by atoms with Crippen LogP contribution in [0.25, 0.3) is 0 Å². The summed E-state index contributed by atoms with van der Waals surface area (Å²) in [4.78, 5) is 12.4. The molecule has 11 heteroatoms. The van der Waals surface area contributed by atoms with E-state index in [2.05, 4.69) is 10.0 Å². The number of sulfonamides is 1. The van der Waals surface area contributed by atoms with Gasteiger partial charge in [-0.2, -0.15) is 0 Å². The molecule has 1 heterocycles. The van der Waals surface area contributed by atoms with Gasteiger partial charge in [-0.3, -0.25) is 9.52 Å². The first-order valence-electron chi connectivity index (χ1n) is 9.17. The summed E-state index contributed by atoms with van der Waals surface area (Å²) in [5, 5.41) is 2.95. The largest absolute Gasteiger partial charge is 0.454 e. The second-order valence-corrected chi connectivity index (χ2v) is 9.65. The van der Waals surface area contributed by atoms with E-state index in [1.807, 2.05) is 0 Å². The smallest absolute Gasteiger partial charge is 0.263 e. The molecule has 3 aromatic rings. The SMILES string of the molecule is O=C(NCc1ccc2c(c1)OCO2)c1cc(S(=O)(=O)Nc2cccc(Cl)c2)c(Cl)cc1Cl. The molecule has 0 spiro atoms. The number of carbonyl (C=O) groups is 1. The molecule has 0 atom stereocenters. The number of fused-ring (bicyclic) bond motifs is 1. The summed E-state index contributed by atoms with van der Waals surface area (Å²) in [6.45, 7) is 0.309. The third kappa shape index (κ3) is 4.88. The molecule has 3 aromatic carbocycles. The van der Waals surface area contributed by atoms with E-state index in [1.165, 1.54) is 18.2 Å². The molecule has 166 valence electrons. The number of nitrogens with one attached hydrogen (secondary N) is 2. The number of carbonyl (C=O) groups excluding carboxylic acids is 1. The Hall–Kier alpha value is -2.65. The fourth-order valence-corrected chi connectivity index (χ4v) is 5.10. The van der Waals surface area contributed by atoms with Gasteiger partial charge in [0.05, 0.1) is 21.3 Å². The summed E-state index contributed by atoms with van der Waals surface area (Å²) in [6.07, 6.45) is 0. The Morgan fingerprint density at radius 1 is 0.938 bits per heavy atom. The lowest BCUT2D eigenvalue weighted by Gasteiger charge is -2.13. The van der Waals surface area contributed by atoms with Crippen LogP contribution in [0, 0.1) is 0 Å². The normalized spacial score (nSPS) is 12.5. The average molecular weight is 514 g/mol.